The molecular weight excluding hydrogens is 228 g/mol. The molecule has 1 aromatic carbocycles. The van der Waals surface area contributed by atoms with Crippen molar-refractivity contribution in [1.82, 2.24) is 0 Å². The highest BCUT2D eigenvalue weighted by Crippen LogP contribution is 2.24. The average molecular weight is 258 g/mol. The predicted octanol–water partition coefficient (Wildman–Crippen LogP) is 6.04. The largest absolute Gasteiger partial charge is 0.0996 e. The zero-order valence-electron chi connectivity index (χ0n) is 13.4. The molecule has 0 aliphatic heterocycles. The number of unbranched alkanes of at least 4 members (excludes halogenated alkanes) is 1. The average Bonchev–Trinajstić information content (AvgIpc) is 2.38. The minimum Gasteiger partial charge on any atom is -0.0996 e. The Morgan fingerprint density at radius 2 is 1.89 bits per heavy atom. The van der Waals surface area contributed by atoms with Crippen LogP contribution in [-0.4, -0.2) is 0 Å². The van der Waals surface area contributed by atoms with E-state index in [1.54, 1.807) is 0 Å². The molecule has 0 heterocycles. The van der Waals surface area contributed by atoms with Crippen LogP contribution in [0, 0.1) is 12.8 Å². The molecule has 0 aromatic heterocycles. The van der Waals surface area contributed by atoms with Crippen molar-refractivity contribution in [2.24, 2.45) is 5.92 Å². The molecule has 0 bridgehead atoms. The Bertz CT molecular complexity index is 412. The third-order valence-electron chi connectivity index (χ3n) is 4.11. The second-order valence-electron chi connectivity index (χ2n) is 6.21. The van der Waals surface area contributed by atoms with Gasteiger partial charge in [0.1, 0.15) is 0 Å². The zero-order valence-corrected chi connectivity index (χ0v) is 13.4. The van der Waals surface area contributed by atoms with E-state index in [2.05, 4.69) is 59.4 Å². The van der Waals surface area contributed by atoms with E-state index in [-0.39, 0.29) is 0 Å². The Kier molecular flexibility index (Phi) is 6.34. The molecule has 0 heteroatoms. The summed E-state index contributed by atoms with van der Waals surface area (Å²) in [5.74, 6) is 1.20. The number of allylic oxidation sites excluding steroid dienone is 1. The van der Waals surface area contributed by atoms with Crippen LogP contribution < -0.4 is 0 Å². The molecule has 0 amide bonds. The third-order valence-corrected chi connectivity index (χ3v) is 4.11. The van der Waals surface area contributed by atoms with Gasteiger partial charge in [0.05, 0.1) is 0 Å². The van der Waals surface area contributed by atoms with Gasteiger partial charge in [-0.3, -0.25) is 0 Å². The van der Waals surface area contributed by atoms with Crippen molar-refractivity contribution in [3.8, 4) is 0 Å². The quantitative estimate of drug-likeness (QED) is 0.523. The first-order chi connectivity index (χ1) is 8.95. The van der Waals surface area contributed by atoms with E-state index in [0.29, 0.717) is 11.8 Å². The number of benzene rings is 1. The third kappa shape index (κ3) is 4.86. The zero-order chi connectivity index (χ0) is 14.4. The summed E-state index contributed by atoms with van der Waals surface area (Å²) in [5, 5.41) is 0. The highest BCUT2D eigenvalue weighted by atomic mass is 14.2. The molecule has 0 nitrogen and oxygen atoms in total. The van der Waals surface area contributed by atoms with Gasteiger partial charge < -0.3 is 0 Å². The Labute approximate surface area is 119 Å². The molecule has 0 spiro atoms. The lowest BCUT2D eigenvalue weighted by molar-refractivity contribution is 0.622. The van der Waals surface area contributed by atoms with Crippen LogP contribution in [0.2, 0.25) is 0 Å². The van der Waals surface area contributed by atoms with Crippen molar-refractivity contribution in [2.45, 2.75) is 66.2 Å². The Balaban J connectivity index is 2.75. The van der Waals surface area contributed by atoms with E-state index in [4.69, 9.17) is 0 Å². The first-order valence-corrected chi connectivity index (χ1v) is 7.72. The van der Waals surface area contributed by atoms with E-state index in [1.165, 1.54) is 41.5 Å². The van der Waals surface area contributed by atoms with Crippen LogP contribution in [0.15, 0.2) is 30.4 Å². The minimum absolute atomic E-state index is 0.590. The van der Waals surface area contributed by atoms with E-state index in [1.807, 2.05) is 0 Å². The van der Waals surface area contributed by atoms with Crippen LogP contribution in [-0.2, 0) is 6.42 Å². The van der Waals surface area contributed by atoms with E-state index in [9.17, 15) is 0 Å². The fourth-order valence-corrected chi connectivity index (χ4v) is 2.39. The van der Waals surface area contributed by atoms with Crippen LogP contribution in [0.3, 0.4) is 0 Å². The van der Waals surface area contributed by atoms with Crippen molar-refractivity contribution in [3.63, 3.8) is 0 Å². The van der Waals surface area contributed by atoms with Crippen molar-refractivity contribution < 1.29 is 0 Å². The summed E-state index contributed by atoms with van der Waals surface area (Å²) in [4.78, 5) is 0. The smallest absolute Gasteiger partial charge is 0.0194 e. The van der Waals surface area contributed by atoms with Gasteiger partial charge >= 0.3 is 0 Å². The number of rotatable bonds is 7. The van der Waals surface area contributed by atoms with Crippen LogP contribution in [0.5, 0.6) is 0 Å². The summed E-state index contributed by atoms with van der Waals surface area (Å²) in [6, 6.07) is 6.93. The molecule has 0 fully saturated rings. The maximum atomic E-state index is 4.28. The highest BCUT2D eigenvalue weighted by Gasteiger charge is 2.10. The molecule has 0 N–H and O–H groups in total. The first kappa shape index (κ1) is 16.0. The van der Waals surface area contributed by atoms with E-state index < -0.39 is 0 Å². The van der Waals surface area contributed by atoms with Crippen LogP contribution in [0.1, 0.15) is 69.6 Å². The summed E-state index contributed by atoms with van der Waals surface area (Å²) in [6.07, 6.45) is 4.84. The topological polar surface area (TPSA) is 0 Å². The standard InChI is InChI=1S/C19H30/c1-7-8-9-15(4)17(6)12-19-13-18(14(2)3)11-10-16(19)5/h10-11,13-14,17H,4,7-9,12H2,1-3,5-6H3. The minimum atomic E-state index is 0.590. The molecule has 0 aliphatic carbocycles. The van der Waals surface area contributed by atoms with Crippen molar-refractivity contribution in [2.75, 3.05) is 0 Å². The second kappa shape index (κ2) is 7.53. The maximum absolute atomic E-state index is 4.28. The van der Waals surface area contributed by atoms with Crippen LogP contribution >= 0.6 is 0 Å². The van der Waals surface area contributed by atoms with Crippen molar-refractivity contribution in [3.05, 3.63) is 47.0 Å². The Morgan fingerprint density at radius 3 is 2.47 bits per heavy atom. The molecule has 106 valence electrons. The summed E-state index contributed by atoms with van der Waals surface area (Å²) < 4.78 is 0. The van der Waals surface area contributed by atoms with Gasteiger partial charge in [0.15, 0.2) is 0 Å². The van der Waals surface area contributed by atoms with Crippen molar-refractivity contribution in [1.29, 1.82) is 0 Å². The lowest BCUT2D eigenvalue weighted by Crippen LogP contribution is -2.05. The van der Waals surface area contributed by atoms with E-state index >= 15 is 0 Å². The van der Waals surface area contributed by atoms with Gasteiger partial charge in [0.25, 0.3) is 0 Å². The summed E-state index contributed by atoms with van der Waals surface area (Å²) in [7, 11) is 0. The van der Waals surface area contributed by atoms with Gasteiger partial charge in [-0.25, -0.2) is 0 Å². The Hall–Kier alpha value is -1.04. The molecule has 1 unspecified atom stereocenters. The fraction of sp³-hybridized carbons (Fsp3) is 0.579. The predicted molar refractivity (Wildman–Crippen MR) is 86.8 cm³/mol. The maximum Gasteiger partial charge on any atom is -0.0194 e. The monoisotopic (exact) mass is 258 g/mol. The molecule has 0 aliphatic rings. The summed E-state index contributed by atoms with van der Waals surface area (Å²) in [6.45, 7) is 15.6. The second-order valence-corrected chi connectivity index (χ2v) is 6.21. The molecule has 0 saturated carbocycles. The number of aryl methyl sites for hydroxylation is 1. The molecule has 19 heavy (non-hydrogen) atoms. The van der Waals surface area contributed by atoms with Gasteiger partial charge in [-0.15, -0.1) is 0 Å². The molecule has 0 saturated heterocycles. The SMILES string of the molecule is C=C(CCCC)C(C)Cc1cc(C(C)C)ccc1C. The molecular formula is C19H30. The van der Waals surface area contributed by atoms with Crippen molar-refractivity contribution >= 4 is 0 Å². The molecule has 0 radical (unpaired) electrons. The molecule has 1 aromatic rings. The fourth-order valence-electron chi connectivity index (χ4n) is 2.39. The highest BCUT2D eigenvalue weighted by molar-refractivity contribution is 5.33. The van der Waals surface area contributed by atoms with Crippen LogP contribution in [0.4, 0.5) is 0 Å². The summed E-state index contributed by atoms with van der Waals surface area (Å²) >= 11 is 0. The lowest BCUT2D eigenvalue weighted by Gasteiger charge is -2.18. The van der Waals surface area contributed by atoms with Crippen LogP contribution in [0.25, 0.3) is 0 Å². The first-order valence-electron chi connectivity index (χ1n) is 7.72. The van der Waals surface area contributed by atoms with Gasteiger partial charge in [0, 0.05) is 0 Å². The normalized spacial score (nSPS) is 12.7. The Morgan fingerprint density at radius 1 is 1.21 bits per heavy atom. The lowest BCUT2D eigenvalue weighted by atomic mass is 9.88. The molecule has 1 atom stereocenters. The van der Waals surface area contributed by atoms with Gasteiger partial charge in [-0.1, -0.05) is 64.5 Å². The number of hydrogen-bond acceptors (Lipinski definition) is 0. The van der Waals surface area contributed by atoms with Gasteiger partial charge in [0.2, 0.25) is 0 Å². The van der Waals surface area contributed by atoms with Gasteiger partial charge in [-0.2, -0.15) is 0 Å². The summed E-state index contributed by atoms with van der Waals surface area (Å²) in [5.41, 5.74) is 5.78. The van der Waals surface area contributed by atoms with Gasteiger partial charge in [-0.05, 0) is 54.7 Å². The molecule has 1 rings (SSSR count). The number of hydrogen-bond donors (Lipinski definition) is 0. The van der Waals surface area contributed by atoms with E-state index in [0.717, 1.165) is 6.42 Å².